The maximum absolute atomic E-state index is 12.5. The molecule has 7 heteroatoms. The van der Waals surface area contributed by atoms with Crippen molar-refractivity contribution in [1.82, 2.24) is 9.97 Å². The van der Waals surface area contributed by atoms with Crippen molar-refractivity contribution in [3.8, 4) is 0 Å². The highest BCUT2D eigenvalue weighted by Crippen LogP contribution is 2.28. The van der Waals surface area contributed by atoms with Gasteiger partial charge in [-0.2, -0.15) is 13.2 Å². The minimum atomic E-state index is -4.59. The van der Waals surface area contributed by atoms with Crippen LogP contribution in [0, 0.1) is 5.92 Å². The van der Waals surface area contributed by atoms with Gasteiger partial charge in [0.25, 0.3) is 0 Å². The number of nitrogens with one attached hydrogen (secondary N) is 1. The Morgan fingerprint density at radius 3 is 2.37 bits per heavy atom. The van der Waals surface area contributed by atoms with Crippen molar-refractivity contribution in [2.24, 2.45) is 5.92 Å². The van der Waals surface area contributed by atoms with Gasteiger partial charge in [-0.25, -0.2) is 9.97 Å². The Labute approximate surface area is 115 Å². The summed E-state index contributed by atoms with van der Waals surface area (Å²) in [6.07, 6.45) is -2.76. The molecule has 1 aromatic rings. The van der Waals surface area contributed by atoms with Crippen molar-refractivity contribution in [3.05, 3.63) is 17.0 Å². The van der Waals surface area contributed by atoms with Crippen molar-refractivity contribution in [2.45, 2.75) is 45.8 Å². The molecule has 1 aromatic heterocycles. The van der Waals surface area contributed by atoms with Crippen LogP contribution in [0.4, 0.5) is 19.0 Å². The van der Waals surface area contributed by atoms with Crippen LogP contribution in [0.5, 0.6) is 0 Å². The molecule has 1 heterocycles. The van der Waals surface area contributed by atoms with E-state index in [1.807, 2.05) is 6.92 Å². The molecular weight excluding hydrogens is 279 g/mol. The minimum absolute atomic E-state index is 0.0226. The first-order valence-electron chi connectivity index (χ1n) is 6.06. The Bertz CT molecular complexity index is 421. The lowest BCUT2D eigenvalue weighted by molar-refractivity contribution is -0.144. The molecule has 0 amide bonds. The van der Waals surface area contributed by atoms with E-state index in [0.717, 1.165) is 12.8 Å². The van der Waals surface area contributed by atoms with Gasteiger partial charge >= 0.3 is 6.18 Å². The maximum Gasteiger partial charge on any atom is 0.451 e. The number of rotatable bonds is 5. The van der Waals surface area contributed by atoms with E-state index in [1.54, 1.807) is 0 Å². The summed E-state index contributed by atoms with van der Waals surface area (Å²) >= 11 is 5.58. The fraction of sp³-hybridized carbons (Fsp3) is 0.667. The fourth-order valence-electron chi connectivity index (χ4n) is 1.53. The number of hydrogen-bond donors (Lipinski definition) is 1. The standard InChI is InChI=1S/C12H17ClF3N3/c1-7(2)4-5-8(3)17-10-6-9(13)18-11(19-10)12(14,15)16/h6-8H,4-5H2,1-3H3,(H,17,18,19). The average molecular weight is 296 g/mol. The second-order valence-electron chi connectivity index (χ2n) is 4.91. The van der Waals surface area contributed by atoms with Crippen molar-refractivity contribution in [3.63, 3.8) is 0 Å². The lowest BCUT2D eigenvalue weighted by Gasteiger charge is -2.16. The molecule has 3 nitrogen and oxygen atoms in total. The van der Waals surface area contributed by atoms with E-state index in [1.165, 1.54) is 6.07 Å². The SMILES string of the molecule is CC(C)CCC(C)Nc1cc(Cl)nc(C(F)(F)F)n1. The van der Waals surface area contributed by atoms with E-state index in [0.29, 0.717) is 5.92 Å². The van der Waals surface area contributed by atoms with Gasteiger partial charge in [0.2, 0.25) is 5.82 Å². The van der Waals surface area contributed by atoms with Crippen LogP contribution in [0.2, 0.25) is 5.15 Å². The van der Waals surface area contributed by atoms with Gasteiger partial charge in [0.05, 0.1) is 0 Å². The van der Waals surface area contributed by atoms with E-state index in [4.69, 9.17) is 11.6 Å². The van der Waals surface area contributed by atoms with E-state index in [9.17, 15) is 13.2 Å². The highest BCUT2D eigenvalue weighted by atomic mass is 35.5. The molecule has 0 saturated carbocycles. The Morgan fingerprint density at radius 2 is 1.84 bits per heavy atom. The second kappa shape index (κ2) is 6.41. The summed E-state index contributed by atoms with van der Waals surface area (Å²) in [6, 6.07) is 1.32. The van der Waals surface area contributed by atoms with Crippen molar-refractivity contribution >= 4 is 17.4 Å². The Balaban J connectivity index is 2.76. The van der Waals surface area contributed by atoms with E-state index >= 15 is 0 Å². The first-order chi connectivity index (χ1) is 8.68. The van der Waals surface area contributed by atoms with Crippen LogP contribution in [0.3, 0.4) is 0 Å². The molecule has 19 heavy (non-hydrogen) atoms. The zero-order chi connectivity index (χ0) is 14.6. The van der Waals surface area contributed by atoms with Gasteiger partial charge in [0.15, 0.2) is 0 Å². The Kier molecular flexibility index (Phi) is 5.40. The lowest BCUT2D eigenvalue weighted by atomic mass is 10.0. The highest BCUT2D eigenvalue weighted by molar-refractivity contribution is 6.29. The number of nitrogens with zero attached hydrogens (tertiary/aromatic N) is 2. The summed E-state index contributed by atoms with van der Waals surface area (Å²) in [5.74, 6) is -0.578. The summed E-state index contributed by atoms with van der Waals surface area (Å²) < 4.78 is 37.6. The number of halogens is 4. The molecule has 108 valence electrons. The van der Waals surface area contributed by atoms with Crippen LogP contribution in [-0.4, -0.2) is 16.0 Å². The largest absolute Gasteiger partial charge is 0.451 e. The third-order valence-corrected chi connectivity index (χ3v) is 2.71. The lowest BCUT2D eigenvalue weighted by Crippen LogP contribution is -2.19. The summed E-state index contributed by atoms with van der Waals surface area (Å²) in [5.41, 5.74) is 0. The van der Waals surface area contributed by atoms with Gasteiger partial charge in [-0.1, -0.05) is 25.4 Å². The topological polar surface area (TPSA) is 37.8 Å². The Morgan fingerprint density at radius 1 is 1.21 bits per heavy atom. The van der Waals surface area contributed by atoms with Crippen LogP contribution in [0.25, 0.3) is 0 Å². The summed E-state index contributed by atoms with van der Waals surface area (Å²) in [4.78, 5) is 6.62. The normalized spacial score (nSPS) is 13.7. The highest BCUT2D eigenvalue weighted by Gasteiger charge is 2.35. The van der Waals surface area contributed by atoms with Crippen LogP contribution in [0.15, 0.2) is 6.07 Å². The third kappa shape index (κ3) is 5.63. The summed E-state index contributed by atoms with van der Waals surface area (Å²) in [6.45, 7) is 6.08. The zero-order valence-electron chi connectivity index (χ0n) is 11.1. The van der Waals surface area contributed by atoms with Crippen molar-refractivity contribution in [1.29, 1.82) is 0 Å². The predicted molar refractivity (Wildman–Crippen MR) is 69.2 cm³/mol. The predicted octanol–water partition coefficient (Wildman–Crippen LogP) is 4.39. The number of aromatic nitrogens is 2. The molecule has 0 saturated heterocycles. The van der Waals surface area contributed by atoms with Crippen LogP contribution >= 0.6 is 11.6 Å². The summed E-state index contributed by atoms with van der Waals surface area (Å²) in [5, 5.41) is 2.69. The molecule has 0 aliphatic carbocycles. The third-order valence-electron chi connectivity index (χ3n) is 2.52. The molecular formula is C12H17ClF3N3. The average Bonchev–Trinajstić information content (AvgIpc) is 2.24. The molecule has 0 aliphatic rings. The van der Waals surface area contributed by atoms with E-state index in [-0.39, 0.29) is 17.0 Å². The van der Waals surface area contributed by atoms with E-state index < -0.39 is 12.0 Å². The maximum atomic E-state index is 12.5. The van der Waals surface area contributed by atoms with Gasteiger partial charge in [0, 0.05) is 12.1 Å². The number of anilines is 1. The molecule has 0 radical (unpaired) electrons. The smallest absolute Gasteiger partial charge is 0.367 e. The van der Waals surface area contributed by atoms with Gasteiger partial charge < -0.3 is 5.32 Å². The zero-order valence-corrected chi connectivity index (χ0v) is 11.8. The first kappa shape index (κ1) is 16.0. The van der Waals surface area contributed by atoms with E-state index in [2.05, 4.69) is 29.1 Å². The molecule has 1 unspecified atom stereocenters. The molecule has 0 aliphatic heterocycles. The van der Waals surface area contributed by atoms with Crippen molar-refractivity contribution in [2.75, 3.05) is 5.32 Å². The molecule has 1 rings (SSSR count). The van der Waals surface area contributed by atoms with Gasteiger partial charge in [-0.05, 0) is 25.7 Å². The molecule has 1 atom stereocenters. The van der Waals surface area contributed by atoms with Crippen molar-refractivity contribution < 1.29 is 13.2 Å². The minimum Gasteiger partial charge on any atom is -0.367 e. The first-order valence-corrected chi connectivity index (χ1v) is 6.44. The van der Waals surface area contributed by atoms with Gasteiger partial charge in [-0.15, -0.1) is 0 Å². The molecule has 0 spiro atoms. The van der Waals surface area contributed by atoms with Crippen LogP contribution in [-0.2, 0) is 6.18 Å². The van der Waals surface area contributed by atoms with Gasteiger partial charge in [-0.3, -0.25) is 0 Å². The Hall–Kier alpha value is -1.04. The molecule has 0 aromatic carbocycles. The second-order valence-corrected chi connectivity index (χ2v) is 5.30. The fourth-order valence-corrected chi connectivity index (χ4v) is 1.71. The van der Waals surface area contributed by atoms with Crippen LogP contribution in [0.1, 0.15) is 39.4 Å². The number of hydrogen-bond acceptors (Lipinski definition) is 3. The summed E-state index contributed by atoms with van der Waals surface area (Å²) in [7, 11) is 0. The van der Waals surface area contributed by atoms with Gasteiger partial charge in [0.1, 0.15) is 11.0 Å². The monoisotopic (exact) mass is 295 g/mol. The molecule has 0 fully saturated rings. The number of alkyl halides is 3. The molecule has 1 N–H and O–H groups in total. The molecule has 0 bridgehead atoms. The quantitative estimate of drug-likeness (QED) is 0.819. The van der Waals surface area contributed by atoms with Crippen LogP contribution < -0.4 is 5.32 Å².